The quantitative estimate of drug-likeness (QED) is 0.424. The lowest BCUT2D eigenvalue weighted by Gasteiger charge is -2.47. The first-order chi connectivity index (χ1) is 10.4. The Hall–Kier alpha value is -2.03. The third-order valence-electron chi connectivity index (χ3n) is 3.77. The van der Waals surface area contributed by atoms with E-state index in [-0.39, 0.29) is 0 Å². The molecule has 0 saturated heterocycles. The van der Waals surface area contributed by atoms with Crippen LogP contribution in [0.25, 0.3) is 20.2 Å². The summed E-state index contributed by atoms with van der Waals surface area (Å²) in [5.74, 6) is 0. The van der Waals surface area contributed by atoms with Gasteiger partial charge in [-0.25, -0.2) is 4.79 Å². The molecule has 2 amide bonds. The Kier molecular flexibility index (Phi) is 3.59. The molecule has 0 saturated carbocycles. The number of carbonyl (C=O) groups excluding carboxylic acids is 1. The number of hydrogen-bond donors (Lipinski definition) is 2. The first kappa shape index (κ1) is 14.9. The summed E-state index contributed by atoms with van der Waals surface area (Å²) in [4.78, 5) is 8.78. The first-order valence-electron chi connectivity index (χ1n) is 6.61. The molecule has 22 heavy (non-hydrogen) atoms. The Morgan fingerprint density at radius 1 is 1.18 bits per heavy atom. The van der Waals surface area contributed by atoms with Gasteiger partial charge in [-0.3, -0.25) is 5.21 Å². The maximum absolute atomic E-state index is 11.9. The maximum Gasteiger partial charge on any atom is 0.440 e. The molecular formula is C15H13N2O4S-. The van der Waals surface area contributed by atoms with Crippen molar-refractivity contribution in [1.29, 1.82) is 0 Å². The van der Waals surface area contributed by atoms with E-state index >= 15 is 0 Å². The normalized spacial score (nSPS) is 13.5. The molecule has 2 N–H and O–H groups in total. The van der Waals surface area contributed by atoms with Crippen LogP contribution in [0.4, 0.5) is 4.79 Å². The van der Waals surface area contributed by atoms with Crippen molar-refractivity contribution in [2.75, 3.05) is 0 Å². The number of hydroxylamine groups is 5. The highest BCUT2D eigenvalue weighted by Gasteiger charge is 2.26. The van der Waals surface area contributed by atoms with E-state index in [1.54, 1.807) is 23.5 Å². The minimum atomic E-state index is -2.47. The fourth-order valence-corrected chi connectivity index (χ4v) is 3.60. The number of urea groups is 1. The molecule has 0 fully saturated rings. The largest absolute Gasteiger partial charge is 0.622 e. The van der Waals surface area contributed by atoms with Crippen molar-refractivity contribution in [3.63, 3.8) is 0 Å². The van der Waals surface area contributed by atoms with E-state index in [1.165, 1.54) is 6.92 Å². The zero-order valence-electron chi connectivity index (χ0n) is 11.6. The standard InChI is InChI=1S/C15H13N2O4S/c1-9(17(20,21)15(18)16-19)10-6-7-12-11-4-2-3-5-13(11)22-14(12)8-10/h2-9,19H,1H3,(H,16,18)/q-1. The summed E-state index contributed by atoms with van der Waals surface area (Å²) >= 11 is 1.56. The maximum atomic E-state index is 11.9. The van der Waals surface area contributed by atoms with Gasteiger partial charge in [0.15, 0.2) is 0 Å². The van der Waals surface area contributed by atoms with Gasteiger partial charge in [0.1, 0.15) is 6.04 Å². The Morgan fingerprint density at radius 3 is 2.59 bits per heavy atom. The number of amides is 2. The van der Waals surface area contributed by atoms with Gasteiger partial charge in [-0.1, -0.05) is 30.3 Å². The van der Waals surface area contributed by atoms with Crippen molar-refractivity contribution in [3.8, 4) is 0 Å². The van der Waals surface area contributed by atoms with E-state index < -0.39 is 16.9 Å². The molecule has 1 unspecified atom stereocenters. The highest BCUT2D eigenvalue weighted by atomic mass is 32.1. The lowest BCUT2D eigenvalue weighted by Crippen LogP contribution is -2.49. The molecule has 2 aromatic carbocycles. The van der Waals surface area contributed by atoms with Gasteiger partial charge in [0.05, 0.1) is 0 Å². The number of nitrogens with one attached hydrogen (secondary N) is 1. The minimum absolute atomic E-state index is 0.452. The van der Waals surface area contributed by atoms with Gasteiger partial charge in [0.2, 0.25) is 0 Å². The molecule has 1 atom stereocenters. The van der Waals surface area contributed by atoms with Crippen LogP contribution in [0.5, 0.6) is 0 Å². The van der Waals surface area contributed by atoms with Crippen LogP contribution >= 0.6 is 11.3 Å². The van der Waals surface area contributed by atoms with E-state index in [1.807, 2.05) is 30.3 Å². The van der Waals surface area contributed by atoms with Crippen molar-refractivity contribution in [1.82, 2.24) is 5.48 Å². The number of hydrogen-bond acceptors (Lipinski definition) is 5. The molecule has 0 spiro atoms. The molecule has 3 rings (SSSR count). The van der Waals surface area contributed by atoms with Gasteiger partial charge < -0.3 is 15.2 Å². The molecule has 0 aliphatic rings. The van der Waals surface area contributed by atoms with Crippen LogP contribution in [-0.2, 0) is 0 Å². The van der Waals surface area contributed by atoms with E-state index in [4.69, 9.17) is 5.21 Å². The Labute approximate surface area is 129 Å². The number of rotatable bonds is 2. The predicted molar refractivity (Wildman–Crippen MR) is 85.1 cm³/mol. The minimum Gasteiger partial charge on any atom is -0.622 e. The van der Waals surface area contributed by atoms with Crippen molar-refractivity contribution < 1.29 is 14.8 Å². The molecule has 1 heterocycles. The second-order valence-electron chi connectivity index (χ2n) is 5.04. The van der Waals surface area contributed by atoms with E-state index in [0.29, 0.717) is 5.56 Å². The van der Waals surface area contributed by atoms with Crippen LogP contribution in [0, 0.1) is 10.4 Å². The molecule has 0 aliphatic carbocycles. The van der Waals surface area contributed by atoms with Crippen molar-refractivity contribution in [3.05, 3.63) is 58.4 Å². The van der Waals surface area contributed by atoms with Crippen molar-refractivity contribution in [2.24, 2.45) is 0 Å². The SMILES string of the molecule is CC(c1ccc2c(c1)sc1ccccc12)[N+]([O-])([O-])C(=O)NO. The van der Waals surface area contributed by atoms with Gasteiger partial charge in [-0.15, -0.1) is 11.3 Å². The monoisotopic (exact) mass is 317 g/mol. The second-order valence-corrected chi connectivity index (χ2v) is 6.13. The van der Waals surface area contributed by atoms with Crippen LogP contribution in [0.2, 0.25) is 0 Å². The Balaban J connectivity index is 2.09. The molecule has 3 aromatic rings. The Morgan fingerprint density at radius 2 is 1.86 bits per heavy atom. The first-order valence-corrected chi connectivity index (χ1v) is 7.43. The third-order valence-corrected chi connectivity index (χ3v) is 4.91. The van der Waals surface area contributed by atoms with Crippen LogP contribution in [0.1, 0.15) is 18.5 Å². The topological polar surface area (TPSA) is 95.5 Å². The summed E-state index contributed by atoms with van der Waals surface area (Å²) in [6.07, 6.45) is 0. The lowest BCUT2D eigenvalue weighted by molar-refractivity contribution is -0.780. The molecule has 0 aliphatic heterocycles. The molecule has 0 bridgehead atoms. The molecule has 1 aromatic heterocycles. The Bertz CT molecular complexity index is 859. The smallest absolute Gasteiger partial charge is 0.440 e. The second kappa shape index (κ2) is 5.31. The summed E-state index contributed by atoms with van der Waals surface area (Å²) in [6.45, 7) is 1.36. The van der Waals surface area contributed by atoms with Gasteiger partial charge >= 0.3 is 6.03 Å². The molecule has 6 nitrogen and oxygen atoms in total. The van der Waals surface area contributed by atoms with Crippen LogP contribution in [-0.4, -0.2) is 16.0 Å². The fraction of sp³-hybridized carbons (Fsp3) is 0.133. The highest BCUT2D eigenvalue weighted by Crippen LogP contribution is 2.36. The predicted octanol–water partition coefficient (Wildman–Crippen LogP) is 4.03. The highest BCUT2D eigenvalue weighted by molar-refractivity contribution is 7.25. The zero-order chi connectivity index (χ0) is 15.9. The van der Waals surface area contributed by atoms with Gasteiger partial charge in [-0.05, 0) is 19.1 Å². The molecule has 7 heteroatoms. The van der Waals surface area contributed by atoms with Gasteiger partial charge in [0.25, 0.3) is 0 Å². The number of quaternary nitrogens is 1. The average Bonchev–Trinajstić information content (AvgIpc) is 2.90. The number of carbonyl (C=O) groups is 1. The van der Waals surface area contributed by atoms with Gasteiger partial charge in [0, 0.05) is 25.7 Å². The van der Waals surface area contributed by atoms with E-state index in [9.17, 15) is 15.2 Å². The number of thiophene rings is 1. The number of benzene rings is 2. The van der Waals surface area contributed by atoms with Crippen LogP contribution in [0.3, 0.4) is 0 Å². The van der Waals surface area contributed by atoms with Crippen LogP contribution in [0.15, 0.2) is 42.5 Å². The summed E-state index contributed by atoms with van der Waals surface area (Å²) in [6, 6.07) is 10.5. The molecule has 114 valence electrons. The number of nitrogens with zero attached hydrogens (tertiary/aromatic N) is 1. The zero-order valence-corrected chi connectivity index (χ0v) is 12.5. The summed E-state index contributed by atoms with van der Waals surface area (Å²) < 4.78 is 2.05. The summed E-state index contributed by atoms with van der Waals surface area (Å²) in [5, 5.41) is 34.4. The number of fused-ring (bicyclic) bond motifs is 3. The van der Waals surface area contributed by atoms with Crippen molar-refractivity contribution >= 4 is 37.5 Å². The van der Waals surface area contributed by atoms with Crippen LogP contribution < -0.4 is 5.48 Å². The van der Waals surface area contributed by atoms with Gasteiger partial charge in [-0.2, -0.15) is 5.48 Å². The average molecular weight is 317 g/mol. The van der Waals surface area contributed by atoms with Crippen molar-refractivity contribution in [2.45, 2.75) is 13.0 Å². The third kappa shape index (κ3) is 2.25. The molecular weight excluding hydrogens is 304 g/mol. The lowest BCUT2D eigenvalue weighted by atomic mass is 10.1. The summed E-state index contributed by atoms with van der Waals surface area (Å²) in [7, 11) is 0. The fourth-order valence-electron chi connectivity index (χ4n) is 2.44. The van der Waals surface area contributed by atoms with E-state index in [2.05, 4.69) is 0 Å². The summed E-state index contributed by atoms with van der Waals surface area (Å²) in [5.41, 5.74) is 1.58. The molecule has 0 radical (unpaired) electrons. The van der Waals surface area contributed by atoms with E-state index in [0.717, 1.165) is 25.7 Å².